The SMILES string of the molecule is CNC1(COC)CC1. The van der Waals surface area contributed by atoms with Crippen molar-refractivity contribution in [3.8, 4) is 0 Å². The highest BCUT2D eigenvalue weighted by Crippen LogP contribution is 2.34. The maximum Gasteiger partial charge on any atom is 0.0644 e. The fraction of sp³-hybridized carbons (Fsp3) is 1.00. The van der Waals surface area contributed by atoms with Crippen LogP contribution >= 0.6 is 0 Å². The molecule has 0 bridgehead atoms. The summed E-state index contributed by atoms with van der Waals surface area (Å²) in [5, 5.41) is 3.23. The maximum absolute atomic E-state index is 5.00. The van der Waals surface area contributed by atoms with Crippen molar-refractivity contribution in [2.45, 2.75) is 18.4 Å². The average molecular weight is 115 g/mol. The number of ether oxygens (including phenoxy) is 1. The van der Waals surface area contributed by atoms with Crippen LogP contribution in [0.1, 0.15) is 12.8 Å². The number of rotatable bonds is 3. The van der Waals surface area contributed by atoms with Crippen molar-refractivity contribution in [3.05, 3.63) is 0 Å². The van der Waals surface area contributed by atoms with E-state index in [-0.39, 0.29) is 0 Å². The van der Waals surface area contributed by atoms with Gasteiger partial charge in [0, 0.05) is 12.6 Å². The van der Waals surface area contributed by atoms with E-state index in [1.165, 1.54) is 12.8 Å². The van der Waals surface area contributed by atoms with Gasteiger partial charge in [0.1, 0.15) is 0 Å². The highest BCUT2D eigenvalue weighted by Gasteiger charge is 2.40. The molecule has 48 valence electrons. The summed E-state index contributed by atoms with van der Waals surface area (Å²) in [5.41, 5.74) is 0.370. The van der Waals surface area contributed by atoms with Gasteiger partial charge < -0.3 is 10.1 Å². The third-order valence-corrected chi connectivity index (χ3v) is 1.80. The summed E-state index contributed by atoms with van der Waals surface area (Å²) in [6.45, 7) is 0.865. The van der Waals surface area contributed by atoms with Crippen LogP contribution in [-0.4, -0.2) is 26.3 Å². The number of hydrogen-bond donors (Lipinski definition) is 1. The lowest BCUT2D eigenvalue weighted by Gasteiger charge is -2.10. The van der Waals surface area contributed by atoms with Crippen LogP contribution in [0, 0.1) is 0 Å². The van der Waals surface area contributed by atoms with Crippen LogP contribution in [0.5, 0.6) is 0 Å². The highest BCUT2D eigenvalue weighted by atomic mass is 16.5. The maximum atomic E-state index is 5.00. The Hall–Kier alpha value is -0.0800. The molecule has 0 radical (unpaired) electrons. The van der Waals surface area contributed by atoms with Gasteiger partial charge in [0.2, 0.25) is 0 Å². The van der Waals surface area contributed by atoms with Crippen molar-refractivity contribution >= 4 is 0 Å². The van der Waals surface area contributed by atoms with Gasteiger partial charge in [0.15, 0.2) is 0 Å². The summed E-state index contributed by atoms with van der Waals surface area (Å²) in [7, 11) is 3.74. The Labute approximate surface area is 50.2 Å². The Morgan fingerprint density at radius 2 is 2.25 bits per heavy atom. The molecule has 1 fully saturated rings. The molecule has 0 aromatic heterocycles. The second kappa shape index (κ2) is 2.03. The van der Waals surface area contributed by atoms with Crippen molar-refractivity contribution in [3.63, 3.8) is 0 Å². The smallest absolute Gasteiger partial charge is 0.0644 e. The van der Waals surface area contributed by atoms with Gasteiger partial charge in [0.05, 0.1) is 6.61 Å². The molecule has 1 aliphatic rings. The molecule has 8 heavy (non-hydrogen) atoms. The Morgan fingerprint density at radius 3 is 2.38 bits per heavy atom. The Morgan fingerprint density at radius 1 is 1.62 bits per heavy atom. The molecule has 1 N–H and O–H groups in total. The van der Waals surface area contributed by atoms with E-state index in [2.05, 4.69) is 5.32 Å². The lowest BCUT2D eigenvalue weighted by atomic mass is 10.3. The first-order valence-corrected chi connectivity index (χ1v) is 3.01. The molecule has 0 aromatic carbocycles. The number of methoxy groups -OCH3 is 1. The highest BCUT2D eigenvalue weighted by molar-refractivity contribution is 5.00. The summed E-state index contributed by atoms with van der Waals surface area (Å²) in [6.07, 6.45) is 2.55. The summed E-state index contributed by atoms with van der Waals surface area (Å²) in [4.78, 5) is 0. The van der Waals surface area contributed by atoms with E-state index in [0.717, 1.165) is 6.61 Å². The molecule has 0 spiro atoms. The largest absolute Gasteiger partial charge is 0.383 e. The van der Waals surface area contributed by atoms with Gasteiger partial charge in [-0.05, 0) is 19.9 Å². The topological polar surface area (TPSA) is 21.3 Å². The number of likely N-dealkylation sites (N-methyl/N-ethyl adjacent to an activating group) is 1. The Balaban J connectivity index is 2.20. The summed E-state index contributed by atoms with van der Waals surface area (Å²) in [6, 6.07) is 0. The minimum atomic E-state index is 0.370. The molecule has 2 heteroatoms. The normalized spacial score (nSPS) is 23.2. The third-order valence-electron chi connectivity index (χ3n) is 1.80. The monoisotopic (exact) mass is 115 g/mol. The third kappa shape index (κ3) is 1.01. The van der Waals surface area contributed by atoms with E-state index in [1.54, 1.807) is 7.11 Å². The first-order valence-electron chi connectivity index (χ1n) is 3.01. The molecular formula is C6H13NO. The van der Waals surface area contributed by atoms with E-state index in [9.17, 15) is 0 Å². The first-order chi connectivity index (χ1) is 3.83. The average Bonchev–Trinajstić information content (AvgIpc) is 2.50. The van der Waals surface area contributed by atoms with Crippen LogP contribution < -0.4 is 5.32 Å². The molecule has 0 heterocycles. The standard InChI is InChI=1S/C6H13NO/c1-7-6(3-4-6)5-8-2/h7H,3-5H2,1-2H3. The van der Waals surface area contributed by atoms with Crippen LogP contribution in [0.4, 0.5) is 0 Å². The van der Waals surface area contributed by atoms with Crippen molar-refractivity contribution in [1.82, 2.24) is 5.32 Å². The predicted molar refractivity (Wildman–Crippen MR) is 32.9 cm³/mol. The molecule has 0 amide bonds. The quantitative estimate of drug-likeness (QED) is 0.574. The van der Waals surface area contributed by atoms with Crippen molar-refractivity contribution < 1.29 is 4.74 Å². The van der Waals surface area contributed by atoms with E-state index < -0.39 is 0 Å². The van der Waals surface area contributed by atoms with Gasteiger partial charge in [-0.3, -0.25) is 0 Å². The summed E-state index contributed by atoms with van der Waals surface area (Å²) in [5.74, 6) is 0. The first kappa shape index (κ1) is 6.05. The van der Waals surface area contributed by atoms with Gasteiger partial charge in [-0.2, -0.15) is 0 Å². The van der Waals surface area contributed by atoms with Crippen LogP contribution in [0.2, 0.25) is 0 Å². The molecule has 2 nitrogen and oxygen atoms in total. The van der Waals surface area contributed by atoms with Gasteiger partial charge in [-0.1, -0.05) is 0 Å². The van der Waals surface area contributed by atoms with Gasteiger partial charge in [-0.25, -0.2) is 0 Å². The molecule has 1 aliphatic carbocycles. The van der Waals surface area contributed by atoms with Crippen molar-refractivity contribution in [2.24, 2.45) is 0 Å². The minimum absolute atomic E-state index is 0.370. The molecule has 0 saturated heterocycles. The summed E-state index contributed by atoms with van der Waals surface area (Å²) >= 11 is 0. The zero-order valence-electron chi connectivity index (χ0n) is 5.53. The molecule has 1 rings (SSSR count). The van der Waals surface area contributed by atoms with E-state index in [0.29, 0.717) is 5.54 Å². The lowest BCUT2D eigenvalue weighted by Crippen LogP contribution is -2.31. The number of nitrogens with one attached hydrogen (secondary N) is 1. The summed E-state index contributed by atoms with van der Waals surface area (Å²) < 4.78 is 5.00. The lowest BCUT2D eigenvalue weighted by molar-refractivity contribution is 0.161. The van der Waals surface area contributed by atoms with Crippen LogP contribution in [-0.2, 0) is 4.74 Å². The van der Waals surface area contributed by atoms with Crippen LogP contribution in [0.25, 0.3) is 0 Å². The predicted octanol–water partition coefficient (Wildman–Crippen LogP) is 0.385. The van der Waals surface area contributed by atoms with E-state index >= 15 is 0 Å². The minimum Gasteiger partial charge on any atom is -0.383 e. The second-order valence-corrected chi connectivity index (χ2v) is 2.46. The molecule has 0 unspecified atom stereocenters. The second-order valence-electron chi connectivity index (χ2n) is 2.46. The van der Waals surface area contributed by atoms with Crippen molar-refractivity contribution in [2.75, 3.05) is 20.8 Å². The van der Waals surface area contributed by atoms with Crippen LogP contribution in [0.3, 0.4) is 0 Å². The van der Waals surface area contributed by atoms with Crippen LogP contribution in [0.15, 0.2) is 0 Å². The zero-order valence-corrected chi connectivity index (χ0v) is 5.53. The Bertz CT molecular complexity index is 78.6. The molecule has 0 aromatic rings. The fourth-order valence-corrected chi connectivity index (χ4v) is 0.894. The Kier molecular flexibility index (Phi) is 1.54. The van der Waals surface area contributed by atoms with E-state index in [1.807, 2.05) is 7.05 Å². The molecule has 0 aliphatic heterocycles. The van der Waals surface area contributed by atoms with Crippen molar-refractivity contribution in [1.29, 1.82) is 0 Å². The number of hydrogen-bond acceptors (Lipinski definition) is 2. The molecule has 0 atom stereocenters. The zero-order chi connectivity index (χ0) is 6.04. The van der Waals surface area contributed by atoms with Gasteiger partial charge in [0.25, 0.3) is 0 Å². The van der Waals surface area contributed by atoms with Gasteiger partial charge >= 0.3 is 0 Å². The fourth-order valence-electron chi connectivity index (χ4n) is 0.894. The molecule has 1 saturated carbocycles. The van der Waals surface area contributed by atoms with E-state index in [4.69, 9.17) is 4.74 Å². The van der Waals surface area contributed by atoms with Gasteiger partial charge in [-0.15, -0.1) is 0 Å². The molecular weight excluding hydrogens is 102 g/mol.